The van der Waals surface area contributed by atoms with E-state index in [1.807, 2.05) is 67.3 Å². The number of thiophene rings is 1. The first-order chi connectivity index (χ1) is 21.8. The Kier molecular flexibility index (Phi) is 9.29. The zero-order valence-corrected chi connectivity index (χ0v) is 26.8. The Hall–Kier alpha value is -4.06. The molecule has 4 aromatic rings. The highest BCUT2D eigenvalue weighted by Gasteiger charge is 2.33. The molecule has 2 aromatic carbocycles. The van der Waals surface area contributed by atoms with Crippen molar-refractivity contribution >= 4 is 44.9 Å². The first-order valence-electron chi connectivity index (χ1n) is 15.5. The Morgan fingerprint density at radius 2 is 1.73 bits per heavy atom. The number of piperazine rings is 1. The number of hydrogen-bond donors (Lipinski definition) is 0. The van der Waals surface area contributed by atoms with Crippen molar-refractivity contribution < 1.29 is 23.8 Å². The highest BCUT2D eigenvalue weighted by molar-refractivity contribution is 7.18. The number of fused-ring (bicyclic) bond motifs is 1. The first-order valence-corrected chi connectivity index (χ1v) is 16.3. The molecule has 0 N–H and O–H groups in total. The van der Waals surface area contributed by atoms with Gasteiger partial charge < -0.3 is 28.9 Å². The maximum Gasteiger partial charge on any atom is 0.319 e. The van der Waals surface area contributed by atoms with Crippen LogP contribution >= 0.6 is 11.3 Å². The predicted octanol–water partition coefficient (Wildman–Crippen LogP) is 5.17. The van der Waals surface area contributed by atoms with E-state index in [0.717, 1.165) is 28.1 Å². The van der Waals surface area contributed by atoms with Gasteiger partial charge in [-0.2, -0.15) is 9.97 Å². The lowest BCUT2D eigenvalue weighted by Crippen LogP contribution is -2.49. The van der Waals surface area contributed by atoms with E-state index in [9.17, 15) is 9.59 Å². The molecule has 2 aliphatic heterocycles. The third kappa shape index (κ3) is 7.27. The predicted molar refractivity (Wildman–Crippen MR) is 175 cm³/mol. The topological polar surface area (TPSA) is 97.3 Å². The molecule has 2 fully saturated rings. The SMILES string of the molecule is CCc1cc2c(N3CCN(C(=O)CCN(C(=O)c4ccccc4)c4ccccc4)CC3)nc(OCC3COC(C)(C)O3)nc2s1. The monoisotopic (exact) mass is 629 g/mol. The molecular formula is C34H39N5O5S. The maximum absolute atomic E-state index is 13.4. The van der Waals surface area contributed by atoms with Gasteiger partial charge in [0.05, 0.1) is 12.0 Å². The van der Waals surface area contributed by atoms with Crippen LogP contribution in [0.25, 0.3) is 10.2 Å². The second-order valence-corrected chi connectivity index (χ2v) is 12.8. The minimum absolute atomic E-state index is 0.0267. The van der Waals surface area contributed by atoms with Gasteiger partial charge in [-0.25, -0.2) is 0 Å². The van der Waals surface area contributed by atoms with E-state index in [0.29, 0.717) is 57.5 Å². The summed E-state index contributed by atoms with van der Waals surface area (Å²) < 4.78 is 17.6. The third-order valence-corrected chi connectivity index (χ3v) is 9.21. The summed E-state index contributed by atoms with van der Waals surface area (Å²) in [5.41, 5.74) is 1.36. The van der Waals surface area contributed by atoms with Gasteiger partial charge in [0.15, 0.2) is 5.79 Å². The zero-order valence-electron chi connectivity index (χ0n) is 26.0. The summed E-state index contributed by atoms with van der Waals surface area (Å²) in [6.45, 7) is 9.35. The summed E-state index contributed by atoms with van der Waals surface area (Å²) in [5.74, 6) is 0.106. The van der Waals surface area contributed by atoms with Gasteiger partial charge in [-0.3, -0.25) is 9.59 Å². The van der Waals surface area contributed by atoms with E-state index in [4.69, 9.17) is 24.2 Å². The van der Waals surface area contributed by atoms with E-state index < -0.39 is 5.79 Å². The van der Waals surface area contributed by atoms with Crippen LogP contribution in [0.3, 0.4) is 0 Å². The molecular weight excluding hydrogens is 590 g/mol. The molecule has 0 saturated carbocycles. The van der Waals surface area contributed by atoms with Gasteiger partial charge in [-0.15, -0.1) is 11.3 Å². The van der Waals surface area contributed by atoms with Gasteiger partial charge in [0.1, 0.15) is 23.4 Å². The van der Waals surface area contributed by atoms with Crippen LogP contribution in [-0.2, 0) is 20.7 Å². The van der Waals surface area contributed by atoms with Crippen molar-refractivity contribution in [3.05, 3.63) is 77.2 Å². The number of rotatable bonds is 10. The summed E-state index contributed by atoms with van der Waals surface area (Å²) >= 11 is 1.65. The van der Waals surface area contributed by atoms with Crippen LogP contribution in [0.5, 0.6) is 6.01 Å². The molecule has 10 nitrogen and oxygen atoms in total. The Morgan fingerprint density at radius 1 is 1.02 bits per heavy atom. The molecule has 0 spiro atoms. The van der Waals surface area contributed by atoms with Crippen molar-refractivity contribution in [1.82, 2.24) is 14.9 Å². The first kappa shape index (κ1) is 30.9. The number of carbonyl (C=O) groups is 2. The van der Waals surface area contributed by atoms with Crippen LogP contribution < -0.4 is 14.5 Å². The van der Waals surface area contributed by atoms with Gasteiger partial charge in [-0.1, -0.05) is 43.3 Å². The van der Waals surface area contributed by atoms with Gasteiger partial charge in [-0.05, 0) is 50.6 Å². The number of ether oxygens (including phenoxy) is 3. The van der Waals surface area contributed by atoms with Gasteiger partial charge in [0.25, 0.3) is 5.91 Å². The van der Waals surface area contributed by atoms with E-state index in [2.05, 4.69) is 17.9 Å². The van der Waals surface area contributed by atoms with Crippen LogP contribution in [0.1, 0.15) is 42.4 Å². The van der Waals surface area contributed by atoms with Crippen molar-refractivity contribution in [2.24, 2.45) is 0 Å². The molecule has 1 unspecified atom stereocenters. The summed E-state index contributed by atoms with van der Waals surface area (Å²) in [5, 5.41) is 1.00. The Morgan fingerprint density at radius 3 is 2.40 bits per heavy atom. The quantitative estimate of drug-likeness (QED) is 0.237. The number of benzene rings is 2. The van der Waals surface area contributed by atoms with Crippen LogP contribution in [0, 0.1) is 0 Å². The third-order valence-electron chi connectivity index (χ3n) is 8.03. The van der Waals surface area contributed by atoms with E-state index in [1.165, 1.54) is 4.88 Å². The number of carbonyl (C=O) groups excluding carboxylic acids is 2. The van der Waals surface area contributed by atoms with Gasteiger partial charge in [0, 0.05) is 55.3 Å². The smallest absolute Gasteiger partial charge is 0.319 e. The number of aromatic nitrogens is 2. The second kappa shape index (κ2) is 13.5. The van der Waals surface area contributed by atoms with Gasteiger partial charge >= 0.3 is 6.01 Å². The lowest BCUT2D eigenvalue weighted by Gasteiger charge is -2.36. The molecule has 6 rings (SSSR count). The Labute approximate surface area is 267 Å². The van der Waals surface area contributed by atoms with E-state index in [-0.39, 0.29) is 24.3 Å². The van der Waals surface area contributed by atoms with Crippen LogP contribution in [0.2, 0.25) is 0 Å². The summed E-state index contributed by atoms with van der Waals surface area (Å²) in [7, 11) is 0. The fourth-order valence-corrected chi connectivity index (χ4v) is 6.61. The highest BCUT2D eigenvalue weighted by Crippen LogP contribution is 2.34. The number of aryl methyl sites for hydroxylation is 1. The molecule has 0 radical (unpaired) electrons. The molecule has 2 amide bonds. The number of amides is 2. The lowest BCUT2D eigenvalue weighted by atomic mass is 10.1. The van der Waals surface area contributed by atoms with Crippen LogP contribution in [0.15, 0.2) is 66.7 Å². The fraction of sp³-hybridized carbons (Fsp3) is 0.412. The molecule has 2 aromatic heterocycles. The Bertz CT molecular complexity index is 1620. The Balaban J connectivity index is 1.11. The number of nitrogens with zero attached hydrogens (tertiary/aromatic N) is 5. The van der Waals surface area contributed by atoms with Gasteiger partial charge in [0.2, 0.25) is 5.91 Å². The molecule has 45 heavy (non-hydrogen) atoms. The molecule has 4 heterocycles. The largest absolute Gasteiger partial charge is 0.461 e. The average molecular weight is 630 g/mol. The van der Waals surface area contributed by atoms with E-state index >= 15 is 0 Å². The second-order valence-electron chi connectivity index (χ2n) is 11.7. The van der Waals surface area contributed by atoms with Crippen molar-refractivity contribution in [1.29, 1.82) is 0 Å². The summed E-state index contributed by atoms with van der Waals surface area (Å²) in [6.07, 6.45) is 0.957. The van der Waals surface area contributed by atoms with Crippen LogP contribution in [-0.4, -0.2) is 84.5 Å². The normalized spacial score (nSPS) is 17.9. The molecule has 0 bridgehead atoms. The van der Waals surface area contributed by atoms with E-state index in [1.54, 1.807) is 28.4 Å². The number of para-hydroxylation sites is 1. The van der Waals surface area contributed by atoms with Crippen molar-refractivity contribution in [2.45, 2.75) is 45.5 Å². The number of anilines is 2. The molecule has 11 heteroatoms. The number of hydrogen-bond acceptors (Lipinski definition) is 9. The molecule has 0 aliphatic carbocycles. The van der Waals surface area contributed by atoms with Crippen molar-refractivity contribution in [2.75, 3.05) is 55.7 Å². The highest BCUT2D eigenvalue weighted by atomic mass is 32.1. The minimum atomic E-state index is -0.623. The summed E-state index contributed by atoms with van der Waals surface area (Å²) in [6, 6.07) is 21.2. The van der Waals surface area contributed by atoms with Crippen molar-refractivity contribution in [3.8, 4) is 6.01 Å². The molecule has 2 saturated heterocycles. The maximum atomic E-state index is 13.4. The average Bonchev–Trinajstić information content (AvgIpc) is 3.66. The van der Waals surface area contributed by atoms with Crippen molar-refractivity contribution in [3.63, 3.8) is 0 Å². The summed E-state index contributed by atoms with van der Waals surface area (Å²) in [4.78, 5) is 44.2. The lowest BCUT2D eigenvalue weighted by molar-refractivity contribution is -0.141. The fourth-order valence-electron chi connectivity index (χ4n) is 5.66. The minimum Gasteiger partial charge on any atom is -0.461 e. The molecule has 2 aliphatic rings. The van der Waals surface area contributed by atoms with Crippen LogP contribution in [0.4, 0.5) is 11.5 Å². The molecule has 236 valence electrons. The standard InChI is InChI=1S/C34H39N5O5S/c1-4-27-21-28-30(35-33(36-31(28)45-27)42-22-26-23-43-34(2,3)44-26)38-19-17-37(18-20-38)29(40)15-16-39(25-13-9-6-10-14-25)32(41)24-11-7-5-8-12-24/h5-14,21,26H,4,15-20,22-23H2,1-3H3. The molecule has 1 atom stereocenters. The zero-order chi connectivity index (χ0) is 31.4.